The zero-order chi connectivity index (χ0) is 20.8. The summed E-state index contributed by atoms with van der Waals surface area (Å²) in [4.78, 5) is 11.8. The van der Waals surface area contributed by atoms with Crippen LogP contribution in [0.4, 0.5) is 0 Å². The Labute approximate surface area is 176 Å². The smallest absolute Gasteiger partial charge is 0.330 e. The van der Waals surface area contributed by atoms with E-state index < -0.39 is 0 Å². The van der Waals surface area contributed by atoms with Crippen molar-refractivity contribution in [1.82, 2.24) is 0 Å². The number of carbonyl (C=O) groups is 1. The van der Waals surface area contributed by atoms with Crippen molar-refractivity contribution in [3.63, 3.8) is 0 Å². The van der Waals surface area contributed by atoms with Crippen molar-refractivity contribution in [3.8, 4) is 0 Å². The highest BCUT2D eigenvalue weighted by Gasteiger charge is 2.58. The second-order valence-corrected chi connectivity index (χ2v) is 10.5. The fourth-order valence-corrected chi connectivity index (χ4v) is 7.60. The van der Waals surface area contributed by atoms with E-state index in [1.165, 1.54) is 31.3 Å². The number of aliphatic hydroxyl groups excluding tert-OH is 1. The average Bonchev–Trinajstić information content (AvgIpc) is 3.04. The number of carbonyl (C=O) groups excluding carboxylic acids is 1. The lowest BCUT2D eigenvalue weighted by Gasteiger charge is -2.56. The third-order valence-electron chi connectivity index (χ3n) is 9.17. The van der Waals surface area contributed by atoms with Gasteiger partial charge >= 0.3 is 5.97 Å². The lowest BCUT2D eigenvalue weighted by atomic mass is 9.48. The number of hydrogen-bond donors (Lipinski definition) is 1. The number of aliphatic hydroxyl groups is 1. The maximum Gasteiger partial charge on any atom is 0.330 e. The number of hydrogen-bond acceptors (Lipinski definition) is 3. The number of ether oxygens (including phenoxy) is 1. The first-order valence-corrected chi connectivity index (χ1v) is 11.7. The molecule has 29 heavy (non-hydrogen) atoms. The number of allylic oxidation sites excluding steroid dienone is 4. The van der Waals surface area contributed by atoms with Crippen LogP contribution in [0, 0.1) is 40.4 Å². The van der Waals surface area contributed by atoms with E-state index in [-0.39, 0.29) is 17.5 Å². The van der Waals surface area contributed by atoms with Crippen LogP contribution in [-0.2, 0) is 9.53 Å². The minimum atomic E-state index is -0.268. The number of esters is 1. The molecule has 2 fully saturated rings. The average molecular weight is 399 g/mol. The van der Waals surface area contributed by atoms with Gasteiger partial charge in [-0.1, -0.05) is 45.1 Å². The Morgan fingerprint density at radius 3 is 2.79 bits per heavy atom. The zero-order valence-corrected chi connectivity index (χ0v) is 18.6. The lowest BCUT2D eigenvalue weighted by molar-refractivity contribution is -0.137. The standard InChI is InChI=1S/C26H38O3/c1-5-29-24(28)11-6-17(2)21-9-10-22-20-8-7-18-16-19(27)12-14-25(18,3)23(20)13-15-26(21,22)4/h6-8,11,16-17,19-23,27H,5,9-10,12-15H2,1-4H3/b11-6+/t17-,19?,20?,21?,22?,23?,25+,26-/m1/s1. The topological polar surface area (TPSA) is 46.5 Å². The molecule has 0 radical (unpaired) electrons. The summed E-state index contributed by atoms with van der Waals surface area (Å²) in [6, 6.07) is 0. The number of fused-ring (bicyclic) bond motifs is 5. The van der Waals surface area contributed by atoms with Gasteiger partial charge in [0.1, 0.15) is 0 Å². The molecule has 0 saturated heterocycles. The van der Waals surface area contributed by atoms with E-state index >= 15 is 0 Å². The fourth-order valence-electron chi connectivity index (χ4n) is 7.60. The van der Waals surface area contributed by atoms with Gasteiger partial charge in [-0.3, -0.25) is 0 Å². The molecule has 2 saturated carbocycles. The Bertz CT molecular complexity index is 734. The second kappa shape index (κ2) is 7.72. The first kappa shape index (κ1) is 20.9. The molecule has 0 bridgehead atoms. The van der Waals surface area contributed by atoms with Gasteiger partial charge in [0.05, 0.1) is 12.7 Å². The van der Waals surface area contributed by atoms with Gasteiger partial charge < -0.3 is 9.84 Å². The summed E-state index contributed by atoms with van der Waals surface area (Å²) in [5.41, 5.74) is 1.95. The minimum absolute atomic E-state index is 0.218. The summed E-state index contributed by atoms with van der Waals surface area (Å²) >= 11 is 0. The van der Waals surface area contributed by atoms with Gasteiger partial charge in [-0.15, -0.1) is 0 Å². The molecule has 0 amide bonds. The Morgan fingerprint density at radius 2 is 2.03 bits per heavy atom. The Morgan fingerprint density at radius 1 is 1.24 bits per heavy atom. The van der Waals surface area contributed by atoms with Crippen LogP contribution in [0.3, 0.4) is 0 Å². The molecule has 0 aromatic rings. The van der Waals surface area contributed by atoms with Gasteiger partial charge in [0.25, 0.3) is 0 Å². The second-order valence-electron chi connectivity index (χ2n) is 10.5. The van der Waals surface area contributed by atoms with Crippen LogP contribution in [0.5, 0.6) is 0 Å². The normalized spacial score (nSPS) is 44.6. The summed E-state index contributed by atoms with van der Waals surface area (Å²) in [6.07, 6.45) is 17.5. The Balaban J connectivity index is 1.55. The number of rotatable bonds is 4. The summed E-state index contributed by atoms with van der Waals surface area (Å²) < 4.78 is 5.07. The molecule has 0 aromatic heterocycles. The van der Waals surface area contributed by atoms with Crippen molar-refractivity contribution in [3.05, 3.63) is 36.0 Å². The molecule has 0 aromatic carbocycles. The van der Waals surface area contributed by atoms with Gasteiger partial charge in [0.2, 0.25) is 0 Å². The molecule has 4 aliphatic rings. The predicted molar refractivity (Wildman–Crippen MR) is 116 cm³/mol. The van der Waals surface area contributed by atoms with Crippen LogP contribution < -0.4 is 0 Å². The van der Waals surface area contributed by atoms with Gasteiger partial charge in [-0.25, -0.2) is 4.79 Å². The monoisotopic (exact) mass is 398 g/mol. The highest BCUT2D eigenvalue weighted by atomic mass is 16.5. The molecule has 0 aliphatic heterocycles. The van der Waals surface area contributed by atoms with Gasteiger partial charge in [0, 0.05) is 6.08 Å². The quantitative estimate of drug-likeness (QED) is 0.505. The fraction of sp³-hybridized carbons (Fsp3) is 0.731. The maximum atomic E-state index is 11.8. The van der Waals surface area contributed by atoms with Crippen molar-refractivity contribution >= 4 is 5.97 Å². The van der Waals surface area contributed by atoms with E-state index in [1.807, 2.05) is 6.92 Å². The van der Waals surface area contributed by atoms with Gasteiger partial charge in [-0.2, -0.15) is 0 Å². The van der Waals surface area contributed by atoms with Crippen molar-refractivity contribution in [1.29, 1.82) is 0 Å². The molecule has 0 heterocycles. The molecule has 8 atom stereocenters. The molecule has 0 spiro atoms. The third kappa shape index (κ3) is 3.44. The molecular weight excluding hydrogens is 360 g/mol. The van der Waals surface area contributed by atoms with E-state index in [0.29, 0.717) is 35.7 Å². The van der Waals surface area contributed by atoms with Crippen LogP contribution in [-0.4, -0.2) is 23.8 Å². The molecule has 4 aliphatic carbocycles. The molecule has 1 N–H and O–H groups in total. The molecular formula is C26H38O3. The van der Waals surface area contributed by atoms with E-state index in [0.717, 1.165) is 18.8 Å². The first-order valence-electron chi connectivity index (χ1n) is 11.7. The highest BCUT2D eigenvalue weighted by Crippen LogP contribution is 2.66. The van der Waals surface area contributed by atoms with Crippen molar-refractivity contribution in [2.45, 2.75) is 72.3 Å². The molecule has 3 nitrogen and oxygen atoms in total. The molecule has 3 heteroatoms. The summed E-state index contributed by atoms with van der Waals surface area (Å²) in [5, 5.41) is 10.1. The van der Waals surface area contributed by atoms with Crippen LogP contribution in [0.25, 0.3) is 0 Å². The predicted octanol–water partition coefficient (Wildman–Crippen LogP) is 5.46. The Hall–Kier alpha value is -1.35. The third-order valence-corrected chi connectivity index (χ3v) is 9.17. The van der Waals surface area contributed by atoms with E-state index in [1.54, 1.807) is 6.08 Å². The van der Waals surface area contributed by atoms with Crippen LogP contribution >= 0.6 is 0 Å². The first-order chi connectivity index (χ1) is 13.8. The minimum Gasteiger partial charge on any atom is -0.463 e. The zero-order valence-electron chi connectivity index (χ0n) is 18.6. The van der Waals surface area contributed by atoms with Crippen LogP contribution in [0.2, 0.25) is 0 Å². The molecule has 5 unspecified atom stereocenters. The van der Waals surface area contributed by atoms with Gasteiger partial charge in [-0.05, 0) is 91.4 Å². The van der Waals surface area contributed by atoms with Crippen LogP contribution in [0.1, 0.15) is 66.2 Å². The summed E-state index contributed by atoms with van der Waals surface area (Å²) in [7, 11) is 0. The lowest BCUT2D eigenvalue weighted by Crippen LogP contribution is -2.49. The summed E-state index contributed by atoms with van der Waals surface area (Å²) in [6.45, 7) is 9.53. The highest BCUT2D eigenvalue weighted by molar-refractivity contribution is 5.81. The van der Waals surface area contributed by atoms with Crippen LogP contribution in [0.15, 0.2) is 36.0 Å². The van der Waals surface area contributed by atoms with Crippen molar-refractivity contribution < 1.29 is 14.6 Å². The maximum absolute atomic E-state index is 11.8. The van der Waals surface area contributed by atoms with E-state index in [9.17, 15) is 9.90 Å². The van der Waals surface area contributed by atoms with Crippen molar-refractivity contribution in [2.75, 3.05) is 6.61 Å². The molecule has 160 valence electrons. The summed E-state index contributed by atoms with van der Waals surface area (Å²) in [5.74, 6) is 2.89. The Kier molecular flexibility index (Phi) is 5.57. The van der Waals surface area contributed by atoms with Crippen molar-refractivity contribution in [2.24, 2.45) is 40.4 Å². The SMILES string of the molecule is CCOC(=O)/C=C/[C@@H](C)C1CCC2C3C=CC4=CC(O)CC[C@]4(C)C3CC[C@@]21C. The van der Waals surface area contributed by atoms with Gasteiger partial charge in [0.15, 0.2) is 0 Å². The van der Waals surface area contributed by atoms with E-state index in [4.69, 9.17) is 4.74 Å². The molecule has 4 rings (SSSR count). The van der Waals surface area contributed by atoms with E-state index in [2.05, 4.69) is 45.1 Å². The largest absolute Gasteiger partial charge is 0.463 e.